The summed E-state index contributed by atoms with van der Waals surface area (Å²) in [5, 5.41) is 7.90. The molecule has 112 valence electrons. The first-order valence-corrected chi connectivity index (χ1v) is 6.98. The Morgan fingerprint density at radius 3 is 2.91 bits per heavy atom. The van der Waals surface area contributed by atoms with E-state index in [1.807, 2.05) is 31.2 Å². The van der Waals surface area contributed by atoms with E-state index in [9.17, 15) is 4.79 Å². The summed E-state index contributed by atoms with van der Waals surface area (Å²) >= 11 is 0. The Balaban J connectivity index is 1.82. The second-order valence-electron chi connectivity index (χ2n) is 4.80. The lowest BCUT2D eigenvalue weighted by Crippen LogP contribution is -2.11. The van der Waals surface area contributed by atoms with E-state index >= 15 is 0 Å². The van der Waals surface area contributed by atoms with Crippen LogP contribution in [0.15, 0.2) is 42.7 Å². The molecule has 1 aromatic carbocycles. The van der Waals surface area contributed by atoms with Crippen molar-refractivity contribution >= 4 is 22.5 Å². The normalized spacial score (nSPS) is 10.6. The van der Waals surface area contributed by atoms with Gasteiger partial charge in [-0.2, -0.15) is 5.10 Å². The molecule has 2 heterocycles. The predicted octanol–water partition coefficient (Wildman–Crippen LogP) is 2.71. The number of methoxy groups -OCH3 is 1. The van der Waals surface area contributed by atoms with Gasteiger partial charge in [0.1, 0.15) is 0 Å². The van der Waals surface area contributed by atoms with E-state index in [2.05, 4.69) is 15.4 Å². The highest BCUT2D eigenvalue weighted by Gasteiger charge is 2.09. The number of nitrogens with zero attached hydrogens (tertiary/aromatic N) is 3. The predicted molar refractivity (Wildman–Crippen MR) is 84.1 cm³/mol. The molecule has 6 heteroatoms. The molecule has 3 aromatic rings. The fourth-order valence-electron chi connectivity index (χ4n) is 2.16. The zero-order valence-corrected chi connectivity index (χ0v) is 12.4. The summed E-state index contributed by atoms with van der Waals surface area (Å²) < 4.78 is 6.81. The quantitative estimate of drug-likeness (QED) is 0.803. The largest absolute Gasteiger partial charge is 0.481 e. The SMILES string of the molecule is CCn1cc(C(=O)Nc2ccc3nc(OC)ccc3c2)cn1. The van der Waals surface area contributed by atoms with Crippen molar-refractivity contribution in [2.45, 2.75) is 13.5 Å². The molecule has 0 aliphatic heterocycles. The van der Waals surface area contributed by atoms with Gasteiger partial charge in [0.2, 0.25) is 5.88 Å². The summed E-state index contributed by atoms with van der Waals surface area (Å²) in [6.45, 7) is 2.70. The van der Waals surface area contributed by atoms with Gasteiger partial charge in [-0.1, -0.05) is 0 Å². The molecule has 0 saturated heterocycles. The zero-order chi connectivity index (χ0) is 15.5. The smallest absolute Gasteiger partial charge is 0.258 e. The highest BCUT2D eigenvalue weighted by molar-refractivity contribution is 6.04. The zero-order valence-electron chi connectivity index (χ0n) is 12.4. The Hall–Kier alpha value is -2.89. The van der Waals surface area contributed by atoms with Gasteiger partial charge in [-0.25, -0.2) is 4.98 Å². The van der Waals surface area contributed by atoms with Crippen molar-refractivity contribution in [2.75, 3.05) is 12.4 Å². The Labute approximate surface area is 127 Å². The molecule has 22 heavy (non-hydrogen) atoms. The third kappa shape index (κ3) is 2.76. The number of amides is 1. The molecule has 1 amide bonds. The van der Waals surface area contributed by atoms with E-state index in [0.29, 0.717) is 17.1 Å². The second-order valence-corrected chi connectivity index (χ2v) is 4.80. The number of carbonyl (C=O) groups excluding carboxylic acids is 1. The van der Waals surface area contributed by atoms with E-state index in [-0.39, 0.29) is 5.91 Å². The summed E-state index contributed by atoms with van der Waals surface area (Å²) in [5.74, 6) is 0.386. The van der Waals surface area contributed by atoms with Gasteiger partial charge >= 0.3 is 0 Å². The van der Waals surface area contributed by atoms with Gasteiger partial charge in [0.05, 0.1) is 24.4 Å². The van der Waals surface area contributed by atoms with Crippen LogP contribution in [-0.2, 0) is 6.54 Å². The molecule has 0 spiro atoms. The Morgan fingerprint density at radius 1 is 1.32 bits per heavy atom. The van der Waals surface area contributed by atoms with Gasteiger partial charge in [0, 0.05) is 29.9 Å². The Kier molecular flexibility index (Phi) is 3.74. The number of ether oxygens (including phenoxy) is 1. The standard InChI is InChI=1S/C16H16N4O2/c1-3-20-10-12(9-17-20)16(21)18-13-5-6-14-11(8-13)4-7-15(19-14)22-2/h4-10H,3H2,1-2H3,(H,18,21). The topological polar surface area (TPSA) is 69.0 Å². The number of hydrogen-bond acceptors (Lipinski definition) is 4. The van der Waals surface area contributed by atoms with Crippen molar-refractivity contribution in [3.05, 3.63) is 48.3 Å². The van der Waals surface area contributed by atoms with Crippen LogP contribution in [-0.4, -0.2) is 27.8 Å². The van der Waals surface area contributed by atoms with Crippen LogP contribution in [0.2, 0.25) is 0 Å². The first-order valence-electron chi connectivity index (χ1n) is 6.98. The minimum Gasteiger partial charge on any atom is -0.481 e. The van der Waals surface area contributed by atoms with Crippen LogP contribution in [0.1, 0.15) is 17.3 Å². The number of rotatable bonds is 4. The minimum absolute atomic E-state index is 0.180. The van der Waals surface area contributed by atoms with Crippen LogP contribution in [0, 0.1) is 0 Å². The first kappa shape index (κ1) is 14.1. The average Bonchev–Trinajstić information content (AvgIpc) is 3.03. The molecule has 1 N–H and O–H groups in total. The number of carbonyl (C=O) groups is 1. The maximum atomic E-state index is 12.2. The summed E-state index contributed by atoms with van der Waals surface area (Å²) in [5.41, 5.74) is 2.07. The van der Waals surface area contributed by atoms with Gasteiger partial charge in [0.15, 0.2) is 0 Å². The van der Waals surface area contributed by atoms with Crippen LogP contribution in [0.4, 0.5) is 5.69 Å². The Bertz CT molecular complexity index is 826. The van der Waals surface area contributed by atoms with E-state index in [0.717, 1.165) is 17.4 Å². The molecule has 0 radical (unpaired) electrons. The molecule has 0 aliphatic carbocycles. The highest BCUT2D eigenvalue weighted by Crippen LogP contribution is 2.21. The van der Waals surface area contributed by atoms with E-state index < -0.39 is 0 Å². The number of pyridine rings is 1. The molecular formula is C16H16N4O2. The third-order valence-electron chi connectivity index (χ3n) is 3.35. The summed E-state index contributed by atoms with van der Waals surface area (Å²) in [7, 11) is 1.58. The van der Waals surface area contributed by atoms with Crippen molar-refractivity contribution in [3.8, 4) is 5.88 Å². The lowest BCUT2D eigenvalue weighted by molar-refractivity contribution is 0.102. The molecule has 0 atom stereocenters. The van der Waals surface area contributed by atoms with Gasteiger partial charge in [-0.15, -0.1) is 0 Å². The molecule has 0 bridgehead atoms. The van der Waals surface area contributed by atoms with Crippen molar-refractivity contribution in [3.63, 3.8) is 0 Å². The molecule has 3 rings (SSSR count). The highest BCUT2D eigenvalue weighted by atomic mass is 16.5. The van der Waals surface area contributed by atoms with Crippen LogP contribution in [0.5, 0.6) is 5.88 Å². The molecular weight excluding hydrogens is 280 g/mol. The summed E-state index contributed by atoms with van der Waals surface area (Å²) in [6.07, 6.45) is 3.29. The maximum absolute atomic E-state index is 12.2. The number of nitrogens with one attached hydrogen (secondary N) is 1. The van der Waals surface area contributed by atoms with Gasteiger partial charge in [-0.05, 0) is 31.2 Å². The monoisotopic (exact) mass is 296 g/mol. The van der Waals surface area contributed by atoms with E-state index in [1.165, 1.54) is 0 Å². The lowest BCUT2D eigenvalue weighted by Gasteiger charge is -2.06. The molecule has 6 nitrogen and oxygen atoms in total. The molecule has 2 aromatic heterocycles. The van der Waals surface area contributed by atoms with Gasteiger partial charge in [-0.3, -0.25) is 9.48 Å². The number of fused-ring (bicyclic) bond motifs is 1. The maximum Gasteiger partial charge on any atom is 0.258 e. The van der Waals surface area contributed by atoms with Crippen molar-refractivity contribution in [2.24, 2.45) is 0 Å². The second kappa shape index (κ2) is 5.85. The third-order valence-corrected chi connectivity index (χ3v) is 3.35. The van der Waals surface area contributed by atoms with Crippen LogP contribution in [0.25, 0.3) is 10.9 Å². The van der Waals surface area contributed by atoms with Crippen molar-refractivity contribution in [1.29, 1.82) is 0 Å². The van der Waals surface area contributed by atoms with Crippen LogP contribution >= 0.6 is 0 Å². The molecule has 0 unspecified atom stereocenters. The first-order chi connectivity index (χ1) is 10.7. The summed E-state index contributed by atoms with van der Waals surface area (Å²) in [4.78, 5) is 16.5. The van der Waals surface area contributed by atoms with Crippen molar-refractivity contribution in [1.82, 2.24) is 14.8 Å². The number of aryl methyl sites for hydroxylation is 1. The van der Waals surface area contributed by atoms with E-state index in [1.54, 1.807) is 30.3 Å². The molecule has 0 aliphatic rings. The van der Waals surface area contributed by atoms with Gasteiger partial charge in [0.25, 0.3) is 5.91 Å². The van der Waals surface area contributed by atoms with Crippen molar-refractivity contribution < 1.29 is 9.53 Å². The number of aromatic nitrogens is 3. The van der Waals surface area contributed by atoms with E-state index in [4.69, 9.17) is 4.74 Å². The van der Waals surface area contributed by atoms with Gasteiger partial charge < -0.3 is 10.1 Å². The number of hydrogen-bond donors (Lipinski definition) is 1. The minimum atomic E-state index is -0.180. The number of anilines is 1. The average molecular weight is 296 g/mol. The molecule has 0 saturated carbocycles. The summed E-state index contributed by atoms with van der Waals surface area (Å²) in [6, 6.07) is 9.24. The van der Waals surface area contributed by atoms with Crippen LogP contribution < -0.4 is 10.1 Å². The lowest BCUT2D eigenvalue weighted by atomic mass is 10.2. The number of benzene rings is 1. The van der Waals surface area contributed by atoms with Crippen LogP contribution in [0.3, 0.4) is 0 Å². The Morgan fingerprint density at radius 2 is 2.18 bits per heavy atom. The fourth-order valence-corrected chi connectivity index (χ4v) is 2.16. The molecule has 0 fully saturated rings. The fraction of sp³-hybridized carbons (Fsp3) is 0.188.